The third-order valence-electron chi connectivity index (χ3n) is 2.75. The first-order valence-electron chi connectivity index (χ1n) is 5.96. The number of carbonyl (C=O) groups is 2. The Morgan fingerprint density at radius 1 is 1.14 bits per heavy atom. The third kappa shape index (κ3) is 3.49. The number of pyridine rings is 1. The van der Waals surface area contributed by atoms with E-state index in [0.717, 1.165) is 0 Å². The van der Waals surface area contributed by atoms with E-state index in [1.165, 1.54) is 30.3 Å². The topological polar surface area (TPSA) is 99.3 Å². The van der Waals surface area contributed by atoms with Crippen molar-refractivity contribution in [1.29, 1.82) is 0 Å². The summed E-state index contributed by atoms with van der Waals surface area (Å²) in [5.41, 5.74) is -0.216. The molecule has 0 fully saturated rings. The Bertz CT molecular complexity index is 742. The number of aliphatic carboxylic acids is 1. The second-order valence-corrected chi connectivity index (χ2v) is 4.60. The number of aromatic nitrogens is 1. The molecule has 1 aromatic carbocycles. The summed E-state index contributed by atoms with van der Waals surface area (Å²) in [5.74, 6) is -1.96. The number of hydrogen-bond acceptors (Lipinski definition) is 3. The Kier molecular flexibility index (Phi) is 4.39. The first kappa shape index (κ1) is 14.8. The van der Waals surface area contributed by atoms with Gasteiger partial charge in [0.25, 0.3) is 5.91 Å². The van der Waals surface area contributed by atoms with Crippen LogP contribution in [-0.4, -0.2) is 22.0 Å². The van der Waals surface area contributed by atoms with Gasteiger partial charge in [-0.1, -0.05) is 35.9 Å². The molecule has 0 unspecified atom stereocenters. The van der Waals surface area contributed by atoms with E-state index in [4.69, 9.17) is 11.6 Å². The highest BCUT2D eigenvalue weighted by Gasteiger charge is 2.24. The summed E-state index contributed by atoms with van der Waals surface area (Å²) < 4.78 is 0. The van der Waals surface area contributed by atoms with Crippen molar-refractivity contribution >= 4 is 23.5 Å². The Morgan fingerprint density at radius 3 is 2.48 bits per heavy atom. The van der Waals surface area contributed by atoms with E-state index >= 15 is 0 Å². The molecule has 0 saturated heterocycles. The lowest BCUT2D eigenvalue weighted by Crippen LogP contribution is -2.35. The van der Waals surface area contributed by atoms with Crippen LogP contribution in [0.4, 0.5) is 0 Å². The van der Waals surface area contributed by atoms with Gasteiger partial charge in [-0.05, 0) is 12.1 Å². The predicted octanol–water partition coefficient (Wildman–Crippen LogP) is 1.58. The van der Waals surface area contributed by atoms with E-state index in [1.807, 2.05) is 0 Å². The average molecular weight is 307 g/mol. The van der Waals surface area contributed by atoms with Crippen LogP contribution < -0.4 is 10.9 Å². The number of nitrogens with one attached hydrogen (secondary N) is 2. The number of halogens is 1. The molecule has 0 bridgehead atoms. The van der Waals surface area contributed by atoms with Gasteiger partial charge in [0.1, 0.15) is 5.69 Å². The van der Waals surface area contributed by atoms with Crippen molar-refractivity contribution in [3.8, 4) is 0 Å². The summed E-state index contributed by atoms with van der Waals surface area (Å²) in [6, 6.07) is 9.03. The van der Waals surface area contributed by atoms with E-state index in [2.05, 4.69) is 10.3 Å². The molecular formula is C14H11ClN2O4. The van der Waals surface area contributed by atoms with E-state index < -0.39 is 23.5 Å². The fraction of sp³-hybridized carbons (Fsp3) is 0.0714. The zero-order valence-corrected chi connectivity index (χ0v) is 11.4. The molecule has 0 spiro atoms. The monoisotopic (exact) mass is 306 g/mol. The summed E-state index contributed by atoms with van der Waals surface area (Å²) in [5, 5.41) is 11.8. The number of H-pyrrole nitrogens is 1. The number of benzene rings is 1. The molecule has 0 saturated carbocycles. The van der Waals surface area contributed by atoms with Gasteiger partial charge in [0.15, 0.2) is 6.04 Å². The molecular weight excluding hydrogens is 296 g/mol. The van der Waals surface area contributed by atoms with Gasteiger partial charge >= 0.3 is 5.97 Å². The molecule has 2 rings (SSSR count). The highest BCUT2D eigenvalue weighted by Crippen LogP contribution is 2.23. The van der Waals surface area contributed by atoms with Gasteiger partial charge in [0, 0.05) is 16.7 Å². The van der Waals surface area contributed by atoms with Crippen LogP contribution >= 0.6 is 11.6 Å². The summed E-state index contributed by atoms with van der Waals surface area (Å²) in [7, 11) is 0. The van der Waals surface area contributed by atoms with Crippen molar-refractivity contribution in [2.24, 2.45) is 0 Å². The van der Waals surface area contributed by atoms with E-state index in [0.29, 0.717) is 0 Å². The van der Waals surface area contributed by atoms with Gasteiger partial charge in [0.05, 0.1) is 0 Å². The molecule has 21 heavy (non-hydrogen) atoms. The molecule has 1 aromatic heterocycles. The maximum Gasteiger partial charge on any atom is 0.330 e. The van der Waals surface area contributed by atoms with Crippen LogP contribution in [0.1, 0.15) is 22.1 Å². The van der Waals surface area contributed by atoms with Crippen LogP contribution in [0.15, 0.2) is 47.3 Å². The molecule has 1 atom stereocenters. The Hall–Kier alpha value is -2.60. The average Bonchev–Trinajstić information content (AvgIpc) is 2.45. The van der Waals surface area contributed by atoms with Crippen molar-refractivity contribution in [3.63, 3.8) is 0 Å². The van der Waals surface area contributed by atoms with E-state index in [9.17, 15) is 19.5 Å². The number of carboxylic acid groups (broad SMARTS) is 1. The second kappa shape index (κ2) is 6.23. The molecule has 0 aliphatic heterocycles. The first-order valence-corrected chi connectivity index (χ1v) is 6.34. The lowest BCUT2D eigenvalue weighted by atomic mass is 10.1. The summed E-state index contributed by atoms with van der Waals surface area (Å²) in [6.07, 6.45) is 0. The third-order valence-corrected chi connectivity index (χ3v) is 3.10. The summed E-state index contributed by atoms with van der Waals surface area (Å²) >= 11 is 5.95. The first-order chi connectivity index (χ1) is 9.99. The minimum Gasteiger partial charge on any atom is -0.479 e. The minimum absolute atomic E-state index is 0.0270. The lowest BCUT2D eigenvalue weighted by molar-refractivity contribution is -0.139. The minimum atomic E-state index is -1.31. The van der Waals surface area contributed by atoms with Gasteiger partial charge in [0.2, 0.25) is 5.56 Å². The molecule has 0 radical (unpaired) electrons. The number of carbonyl (C=O) groups excluding carboxylic acids is 1. The molecule has 108 valence electrons. The Labute approximate surface area is 124 Å². The lowest BCUT2D eigenvalue weighted by Gasteiger charge is -2.16. The van der Waals surface area contributed by atoms with Crippen LogP contribution in [0.25, 0.3) is 0 Å². The smallest absolute Gasteiger partial charge is 0.330 e. The van der Waals surface area contributed by atoms with E-state index in [1.54, 1.807) is 12.1 Å². The van der Waals surface area contributed by atoms with Gasteiger partial charge < -0.3 is 15.4 Å². The molecule has 0 aliphatic rings. The quantitative estimate of drug-likeness (QED) is 0.798. The highest BCUT2D eigenvalue weighted by atomic mass is 35.5. The summed E-state index contributed by atoms with van der Waals surface area (Å²) in [4.78, 5) is 36.8. The van der Waals surface area contributed by atoms with E-state index in [-0.39, 0.29) is 16.3 Å². The van der Waals surface area contributed by atoms with Gasteiger partial charge in [-0.15, -0.1) is 0 Å². The van der Waals surface area contributed by atoms with Gasteiger partial charge in [-0.25, -0.2) is 4.79 Å². The van der Waals surface area contributed by atoms with Crippen LogP contribution in [0.5, 0.6) is 0 Å². The highest BCUT2D eigenvalue weighted by molar-refractivity contribution is 6.31. The van der Waals surface area contributed by atoms with Crippen molar-refractivity contribution in [3.05, 3.63) is 69.1 Å². The fourth-order valence-corrected chi connectivity index (χ4v) is 2.02. The molecule has 0 aliphatic carbocycles. The number of amides is 1. The molecule has 1 amide bonds. The largest absolute Gasteiger partial charge is 0.479 e. The standard InChI is InChI=1S/C14H11ClN2O4/c15-9-5-2-1-4-8(9)12(14(20)21)17-13(19)10-6-3-7-11(18)16-10/h1-7,12H,(H,16,18)(H,17,19)(H,20,21)/t12-/m1/s1. The fourth-order valence-electron chi connectivity index (χ4n) is 1.77. The van der Waals surface area contributed by atoms with Crippen molar-refractivity contribution in [2.75, 3.05) is 0 Å². The van der Waals surface area contributed by atoms with Crippen molar-refractivity contribution in [1.82, 2.24) is 10.3 Å². The number of rotatable bonds is 4. The number of aromatic amines is 1. The Morgan fingerprint density at radius 2 is 1.86 bits per heavy atom. The maximum absolute atomic E-state index is 12.0. The van der Waals surface area contributed by atoms with Crippen LogP contribution in [0, 0.1) is 0 Å². The van der Waals surface area contributed by atoms with Crippen molar-refractivity contribution < 1.29 is 14.7 Å². The second-order valence-electron chi connectivity index (χ2n) is 4.19. The molecule has 2 aromatic rings. The molecule has 1 heterocycles. The maximum atomic E-state index is 12.0. The molecule has 6 nitrogen and oxygen atoms in total. The van der Waals surface area contributed by atoms with Gasteiger partial charge in [-0.3, -0.25) is 9.59 Å². The zero-order valence-electron chi connectivity index (χ0n) is 10.7. The normalized spacial score (nSPS) is 11.7. The van der Waals surface area contributed by atoms with Crippen LogP contribution in [0.2, 0.25) is 5.02 Å². The molecule has 7 heteroatoms. The van der Waals surface area contributed by atoms with Crippen LogP contribution in [0.3, 0.4) is 0 Å². The zero-order chi connectivity index (χ0) is 15.4. The SMILES string of the molecule is O=C(N[C@@H](C(=O)O)c1ccccc1Cl)c1cccc(=O)[nH]1. The predicted molar refractivity (Wildman–Crippen MR) is 76.4 cm³/mol. The Balaban J connectivity index is 2.29. The number of carboxylic acids is 1. The van der Waals surface area contributed by atoms with Crippen molar-refractivity contribution in [2.45, 2.75) is 6.04 Å². The molecule has 3 N–H and O–H groups in total. The summed E-state index contributed by atoms with van der Waals surface area (Å²) in [6.45, 7) is 0. The van der Waals surface area contributed by atoms with Gasteiger partial charge in [-0.2, -0.15) is 0 Å². The van der Waals surface area contributed by atoms with Crippen LogP contribution in [-0.2, 0) is 4.79 Å². The number of hydrogen-bond donors (Lipinski definition) is 3.